The van der Waals surface area contributed by atoms with Gasteiger partial charge in [0, 0.05) is 12.8 Å². The second kappa shape index (κ2) is 77.5. The molecular weight excluding hydrogens is 1250 g/mol. The number of phosphoric ester groups is 1. The molecule has 562 valence electrons. The predicted molar refractivity (Wildman–Crippen MR) is 435 cm³/mol. The van der Waals surface area contributed by atoms with Crippen molar-refractivity contribution in [2.45, 2.75) is 290 Å². The molecule has 2 unspecified atom stereocenters. The Bertz CT molecular complexity index is 2500. The number of allylic oxidation sites excluding steroid dienone is 36. The third-order valence-corrected chi connectivity index (χ3v) is 17.0. The number of nitrogens with zero attached hydrogens (tertiary/aromatic N) is 1. The first-order valence-electron chi connectivity index (χ1n) is 39.5. The zero-order chi connectivity index (χ0) is 72.5. The van der Waals surface area contributed by atoms with E-state index < -0.39 is 26.5 Å². The molecule has 0 amide bonds. The van der Waals surface area contributed by atoms with Gasteiger partial charge in [0.25, 0.3) is 0 Å². The molecule has 0 bridgehead atoms. The molecule has 0 saturated heterocycles. The fourth-order valence-electron chi connectivity index (χ4n) is 10.1. The third kappa shape index (κ3) is 81.3. The number of phosphoric acid groups is 1. The van der Waals surface area contributed by atoms with E-state index >= 15 is 0 Å². The highest BCUT2D eigenvalue weighted by Crippen LogP contribution is 2.43. The Labute approximate surface area is 614 Å². The van der Waals surface area contributed by atoms with E-state index in [-0.39, 0.29) is 32.0 Å². The SMILES string of the molecule is CC/C=C\C/C=C\C/C=C\C/C=C\C/C=C\C/C=C\C/C=C\C/C=C\C/C=C\CCCCCCCCCCCCCCCC(=O)OC(COC(=O)CCCCCCCCC/C=C\C/C=C\C/C=C\C/C=C\C/C=C\C/C=C\C/C=C\C/C=C\C/C=C\CC)COP(=O)(O)OCC[N+](C)(C)C. The quantitative estimate of drug-likeness (QED) is 0.0211. The highest BCUT2D eigenvalue weighted by Gasteiger charge is 2.27. The van der Waals surface area contributed by atoms with E-state index in [1.807, 2.05) is 21.1 Å². The van der Waals surface area contributed by atoms with Crippen LogP contribution in [0.3, 0.4) is 0 Å². The van der Waals surface area contributed by atoms with E-state index in [9.17, 15) is 19.0 Å². The molecule has 0 aromatic rings. The lowest BCUT2D eigenvalue weighted by atomic mass is 10.0. The number of likely N-dealkylation sites (N-methyl/N-ethyl adjacent to an activating group) is 1. The number of hydrogen-bond acceptors (Lipinski definition) is 7. The average Bonchev–Trinajstić information content (AvgIpc) is 1.30. The van der Waals surface area contributed by atoms with Crippen LogP contribution in [0.1, 0.15) is 284 Å². The lowest BCUT2D eigenvalue weighted by Crippen LogP contribution is -2.37. The van der Waals surface area contributed by atoms with Crippen molar-refractivity contribution in [3.63, 3.8) is 0 Å². The standard InChI is InChI=1S/C90H144NO8P/c1-6-8-10-12-14-16-18-20-22-24-26-28-30-32-34-36-38-40-42-43-44-45-46-47-49-51-53-55-57-59-61-63-65-67-69-71-73-75-77-79-81-83-90(93)99-88(87-98-100(94,95)97-85-84-91(3,4)5)86-96-89(92)82-80-78-76-74-72-70-68-66-64-62-60-58-56-54-52-50-48-41-39-37-35-33-31-29-27-25-23-21-19-17-15-13-11-9-7-2/h8-11,14-17,20-23,26-29,32-35,38-41,43-44,46-47,50-53,56,58,62,64,88H,6-7,12-13,18-19,24-25,30-31,36-37,42,45,48-49,54-55,57,59-61,63,65-87H2,1-5H3/p+1/b10-8-,11-9-,16-14-,17-15-,22-20-,23-21-,28-26-,29-27-,34-32-,35-33-,40-38-,41-39-,44-43-,47-46-,52-50-,53-51-,58-56-,64-62-. The van der Waals surface area contributed by atoms with Gasteiger partial charge in [-0.1, -0.05) is 335 Å². The summed E-state index contributed by atoms with van der Waals surface area (Å²) in [5, 5.41) is 0. The van der Waals surface area contributed by atoms with E-state index in [1.54, 1.807) is 0 Å². The number of ether oxygens (including phenoxy) is 2. The third-order valence-electron chi connectivity index (χ3n) is 16.0. The molecule has 0 spiro atoms. The van der Waals surface area contributed by atoms with Crippen LogP contribution in [0.2, 0.25) is 0 Å². The molecule has 0 aromatic carbocycles. The molecule has 9 nitrogen and oxygen atoms in total. The monoisotopic (exact) mass is 1400 g/mol. The summed E-state index contributed by atoms with van der Waals surface area (Å²) in [6.45, 7) is 4.18. The van der Waals surface area contributed by atoms with Crippen molar-refractivity contribution in [3.05, 3.63) is 219 Å². The molecule has 1 N–H and O–H groups in total. The summed E-state index contributed by atoms with van der Waals surface area (Å²) in [5.74, 6) is -0.822. The van der Waals surface area contributed by atoms with Crippen LogP contribution in [-0.2, 0) is 32.7 Å². The smallest absolute Gasteiger partial charge is 0.462 e. The van der Waals surface area contributed by atoms with Crippen molar-refractivity contribution in [3.8, 4) is 0 Å². The van der Waals surface area contributed by atoms with Gasteiger partial charge < -0.3 is 18.9 Å². The van der Waals surface area contributed by atoms with Crippen molar-refractivity contribution in [2.24, 2.45) is 0 Å². The van der Waals surface area contributed by atoms with Gasteiger partial charge in [-0.05, 0) is 154 Å². The molecule has 0 heterocycles. The number of carbonyl (C=O) groups is 2. The van der Waals surface area contributed by atoms with Crippen LogP contribution in [0, 0.1) is 0 Å². The summed E-state index contributed by atoms with van der Waals surface area (Å²) in [4.78, 5) is 36.0. The van der Waals surface area contributed by atoms with Gasteiger partial charge in [0.15, 0.2) is 6.10 Å². The molecule has 0 aromatic heterocycles. The van der Waals surface area contributed by atoms with E-state index in [2.05, 4.69) is 233 Å². The van der Waals surface area contributed by atoms with E-state index in [0.717, 1.165) is 161 Å². The maximum Gasteiger partial charge on any atom is 0.472 e. The first kappa shape index (κ1) is 94.3. The minimum atomic E-state index is -4.41. The highest BCUT2D eigenvalue weighted by molar-refractivity contribution is 7.47. The topological polar surface area (TPSA) is 108 Å². The number of unbranched alkanes of at least 4 members (excludes halogenated alkanes) is 20. The summed E-state index contributed by atoms with van der Waals surface area (Å²) in [6.07, 6.45) is 123. The van der Waals surface area contributed by atoms with Crippen molar-refractivity contribution in [2.75, 3.05) is 47.5 Å². The normalized spacial score (nSPS) is 14.3. The minimum Gasteiger partial charge on any atom is -0.462 e. The molecule has 0 aliphatic heterocycles. The average molecular weight is 1400 g/mol. The molecule has 0 radical (unpaired) electrons. The Kier molecular flexibility index (Phi) is 73.1. The number of hydrogen-bond donors (Lipinski definition) is 1. The van der Waals surface area contributed by atoms with Gasteiger partial charge >= 0.3 is 19.8 Å². The Morgan fingerprint density at radius 3 is 0.800 bits per heavy atom. The van der Waals surface area contributed by atoms with E-state index in [0.29, 0.717) is 23.9 Å². The molecule has 0 rings (SSSR count). The molecule has 0 fully saturated rings. The molecule has 10 heteroatoms. The first-order chi connectivity index (χ1) is 49.0. The van der Waals surface area contributed by atoms with Gasteiger partial charge in [-0.2, -0.15) is 0 Å². The zero-order valence-electron chi connectivity index (χ0n) is 64.1. The van der Waals surface area contributed by atoms with Gasteiger partial charge in [0.1, 0.15) is 19.8 Å². The van der Waals surface area contributed by atoms with Crippen LogP contribution in [0.15, 0.2) is 219 Å². The molecule has 100 heavy (non-hydrogen) atoms. The van der Waals surface area contributed by atoms with Crippen LogP contribution in [0.25, 0.3) is 0 Å². The second-order valence-corrected chi connectivity index (χ2v) is 28.1. The maximum atomic E-state index is 12.9. The van der Waals surface area contributed by atoms with Crippen LogP contribution in [0.4, 0.5) is 0 Å². The Morgan fingerprint density at radius 1 is 0.310 bits per heavy atom. The predicted octanol–water partition coefficient (Wildman–Crippen LogP) is 26.7. The molecule has 0 saturated carbocycles. The van der Waals surface area contributed by atoms with Crippen molar-refractivity contribution < 1.29 is 42.1 Å². The van der Waals surface area contributed by atoms with Gasteiger partial charge in [-0.25, -0.2) is 4.57 Å². The van der Waals surface area contributed by atoms with Crippen LogP contribution in [0.5, 0.6) is 0 Å². The molecule has 2 atom stereocenters. The Balaban J connectivity index is 4.10. The van der Waals surface area contributed by atoms with Crippen LogP contribution < -0.4 is 0 Å². The van der Waals surface area contributed by atoms with Gasteiger partial charge in [0.2, 0.25) is 0 Å². The summed E-state index contributed by atoms with van der Waals surface area (Å²) >= 11 is 0. The maximum absolute atomic E-state index is 12.9. The van der Waals surface area contributed by atoms with Gasteiger partial charge in [-0.15, -0.1) is 0 Å². The second-order valence-electron chi connectivity index (χ2n) is 26.6. The summed E-state index contributed by atoms with van der Waals surface area (Å²) in [7, 11) is 1.45. The Hall–Kier alpha value is -5.67. The zero-order valence-corrected chi connectivity index (χ0v) is 65.0. The van der Waals surface area contributed by atoms with Gasteiger partial charge in [-0.3, -0.25) is 18.6 Å². The molecule has 0 aliphatic rings. The molecule has 0 aliphatic carbocycles. The minimum absolute atomic E-state index is 0.0191. The van der Waals surface area contributed by atoms with Crippen molar-refractivity contribution in [1.82, 2.24) is 0 Å². The highest BCUT2D eigenvalue weighted by atomic mass is 31.2. The largest absolute Gasteiger partial charge is 0.472 e. The lowest BCUT2D eigenvalue weighted by molar-refractivity contribution is -0.870. The van der Waals surface area contributed by atoms with Crippen molar-refractivity contribution >= 4 is 19.8 Å². The lowest BCUT2D eigenvalue weighted by Gasteiger charge is -2.24. The summed E-state index contributed by atoms with van der Waals surface area (Å²) in [6, 6.07) is 0. The van der Waals surface area contributed by atoms with Crippen LogP contribution in [-0.4, -0.2) is 74.9 Å². The number of carbonyl (C=O) groups excluding carboxylic acids is 2. The Morgan fingerprint density at radius 2 is 0.540 bits per heavy atom. The summed E-state index contributed by atoms with van der Waals surface area (Å²) in [5.41, 5.74) is 0. The fraction of sp³-hybridized carbons (Fsp3) is 0.578. The molecular formula is C90H145NO8P+. The summed E-state index contributed by atoms with van der Waals surface area (Å²) < 4.78 is 34.8. The van der Waals surface area contributed by atoms with E-state index in [1.165, 1.54) is 83.5 Å². The van der Waals surface area contributed by atoms with E-state index in [4.69, 9.17) is 18.5 Å². The number of esters is 2. The fourth-order valence-corrected chi connectivity index (χ4v) is 10.8. The van der Waals surface area contributed by atoms with Crippen LogP contribution >= 0.6 is 7.82 Å². The number of quaternary nitrogens is 1. The number of rotatable bonds is 70. The van der Waals surface area contributed by atoms with Gasteiger partial charge in [0.05, 0.1) is 27.7 Å². The first-order valence-corrected chi connectivity index (χ1v) is 41.0. The van der Waals surface area contributed by atoms with Crippen molar-refractivity contribution in [1.29, 1.82) is 0 Å².